The van der Waals surface area contributed by atoms with Crippen LogP contribution >= 0.6 is 8.38 Å². The van der Waals surface area contributed by atoms with E-state index in [1.165, 1.54) is 5.56 Å². The fourth-order valence-electron chi connectivity index (χ4n) is 1.09. The Kier molecular flexibility index (Phi) is 5.76. The minimum Gasteiger partial charge on any atom is -0.334 e. The first kappa shape index (κ1) is 11.6. The maximum absolute atomic E-state index is 5.49. The van der Waals surface area contributed by atoms with Crippen LogP contribution in [-0.4, -0.2) is 29.6 Å². The molecule has 1 rings (SSSR count). The molecular weight excluding hydrogens is 199 g/mol. The largest absolute Gasteiger partial charge is 0.334 e. The first-order chi connectivity index (χ1) is 6.86. The first-order valence-electron chi connectivity index (χ1n) is 4.87. The van der Waals surface area contributed by atoms with Gasteiger partial charge in [0.1, 0.15) is 0 Å². The molecule has 1 heterocycles. The summed E-state index contributed by atoms with van der Waals surface area (Å²) in [6.07, 6.45) is 5.65. The van der Waals surface area contributed by atoms with Gasteiger partial charge < -0.3 is 9.05 Å². The van der Waals surface area contributed by atoms with Crippen molar-refractivity contribution in [2.75, 3.05) is 19.4 Å². The second-order valence-corrected chi connectivity index (χ2v) is 4.38. The van der Waals surface area contributed by atoms with E-state index in [0.717, 1.165) is 25.8 Å². The Hall–Kier alpha value is -0.440. The topological polar surface area (TPSA) is 47.1 Å². The van der Waals surface area contributed by atoms with Crippen LogP contribution in [0.2, 0.25) is 0 Å². The third kappa shape index (κ3) is 4.18. The van der Waals surface area contributed by atoms with Gasteiger partial charge in [0.05, 0.1) is 19.4 Å². The molecule has 1 N–H and O–H groups in total. The summed E-state index contributed by atoms with van der Waals surface area (Å²) in [7, 11) is -0.707. The lowest BCUT2D eigenvalue weighted by atomic mass is 10.3. The Bertz CT molecular complexity index is 223. The van der Waals surface area contributed by atoms with Gasteiger partial charge in [-0.15, -0.1) is 0 Å². The lowest BCUT2D eigenvalue weighted by Crippen LogP contribution is -1.97. The van der Waals surface area contributed by atoms with Crippen LogP contribution in [0.15, 0.2) is 12.4 Å². The van der Waals surface area contributed by atoms with Gasteiger partial charge in [-0.3, -0.25) is 5.10 Å². The zero-order valence-electron chi connectivity index (χ0n) is 8.69. The van der Waals surface area contributed by atoms with Crippen molar-refractivity contribution in [3.63, 3.8) is 0 Å². The molecule has 0 bridgehead atoms. The van der Waals surface area contributed by atoms with Crippen LogP contribution in [0.4, 0.5) is 0 Å². The summed E-state index contributed by atoms with van der Waals surface area (Å²) >= 11 is 0. The average molecular weight is 216 g/mol. The van der Waals surface area contributed by atoms with Gasteiger partial charge in [0.25, 0.3) is 0 Å². The number of aryl methyl sites for hydroxylation is 1. The molecule has 0 unspecified atom stereocenters. The smallest absolute Gasteiger partial charge is 0.170 e. The Labute approximate surface area is 85.9 Å². The van der Waals surface area contributed by atoms with Gasteiger partial charge in [0, 0.05) is 12.4 Å². The van der Waals surface area contributed by atoms with Crippen LogP contribution in [0.25, 0.3) is 0 Å². The van der Waals surface area contributed by atoms with Crippen molar-refractivity contribution >= 4 is 8.38 Å². The molecule has 0 aliphatic carbocycles. The number of nitrogens with zero attached hydrogens (tertiary/aromatic N) is 1. The second kappa shape index (κ2) is 6.93. The highest BCUT2D eigenvalue weighted by atomic mass is 31.2. The average Bonchev–Trinajstić information content (AvgIpc) is 2.67. The molecule has 0 atom stereocenters. The van der Waals surface area contributed by atoms with Crippen molar-refractivity contribution in [3.8, 4) is 0 Å². The number of aromatic nitrogens is 2. The van der Waals surface area contributed by atoms with Crippen molar-refractivity contribution in [2.45, 2.75) is 20.3 Å². The maximum Gasteiger partial charge on any atom is 0.170 e. The van der Waals surface area contributed by atoms with Crippen LogP contribution in [-0.2, 0) is 15.5 Å². The van der Waals surface area contributed by atoms with Crippen molar-refractivity contribution in [3.05, 3.63) is 18.0 Å². The second-order valence-electron chi connectivity index (χ2n) is 2.75. The molecule has 80 valence electrons. The number of hydrogen-bond donors (Lipinski definition) is 1. The Morgan fingerprint density at radius 1 is 1.36 bits per heavy atom. The summed E-state index contributed by atoms with van der Waals surface area (Å²) in [4.78, 5) is 0. The molecule has 4 nitrogen and oxygen atoms in total. The van der Waals surface area contributed by atoms with Gasteiger partial charge in [0.15, 0.2) is 8.38 Å². The normalized spacial score (nSPS) is 11.1. The summed E-state index contributed by atoms with van der Waals surface area (Å²) in [6, 6.07) is 0. The predicted molar refractivity (Wildman–Crippen MR) is 57.3 cm³/mol. The van der Waals surface area contributed by atoms with Gasteiger partial charge in [-0.2, -0.15) is 5.10 Å². The summed E-state index contributed by atoms with van der Waals surface area (Å²) in [5, 5.41) is 6.69. The molecular formula is C9H17N2O2P. The van der Waals surface area contributed by atoms with Gasteiger partial charge >= 0.3 is 0 Å². The SMILES string of the molecule is CCOP(CCc1cn[nH]c1)OCC. The van der Waals surface area contributed by atoms with Crippen LogP contribution in [0.3, 0.4) is 0 Å². The Morgan fingerprint density at radius 3 is 2.57 bits per heavy atom. The van der Waals surface area contributed by atoms with Crippen LogP contribution in [0.5, 0.6) is 0 Å². The van der Waals surface area contributed by atoms with E-state index >= 15 is 0 Å². The fraction of sp³-hybridized carbons (Fsp3) is 0.667. The minimum atomic E-state index is -0.707. The highest BCUT2D eigenvalue weighted by molar-refractivity contribution is 7.47. The monoisotopic (exact) mass is 216 g/mol. The van der Waals surface area contributed by atoms with Crippen LogP contribution in [0.1, 0.15) is 19.4 Å². The van der Waals surface area contributed by atoms with Gasteiger partial charge in [0.2, 0.25) is 0 Å². The number of aromatic amines is 1. The highest BCUT2D eigenvalue weighted by Gasteiger charge is 2.09. The number of hydrogen-bond acceptors (Lipinski definition) is 3. The summed E-state index contributed by atoms with van der Waals surface area (Å²) in [5.41, 5.74) is 1.21. The molecule has 0 radical (unpaired) electrons. The molecule has 0 amide bonds. The molecule has 1 aromatic rings. The summed E-state index contributed by atoms with van der Waals surface area (Å²) in [5.74, 6) is 0. The molecule has 0 saturated heterocycles. The van der Waals surface area contributed by atoms with E-state index in [1.807, 2.05) is 26.2 Å². The quantitative estimate of drug-likeness (QED) is 0.711. The Balaban J connectivity index is 2.25. The van der Waals surface area contributed by atoms with E-state index in [9.17, 15) is 0 Å². The maximum atomic E-state index is 5.49. The summed E-state index contributed by atoms with van der Waals surface area (Å²) in [6.45, 7) is 5.42. The van der Waals surface area contributed by atoms with Crippen molar-refractivity contribution in [2.24, 2.45) is 0 Å². The van der Waals surface area contributed by atoms with Crippen molar-refractivity contribution in [1.82, 2.24) is 10.2 Å². The third-order valence-electron chi connectivity index (χ3n) is 1.68. The predicted octanol–water partition coefficient (Wildman–Crippen LogP) is 2.34. The standard InChI is InChI=1S/C9H17N2O2P/c1-3-12-14(13-4-2)6-5-9-7-10-11-8-9/h7-8H,3-6H2,1-2H3,(H,10,11). The van der Waals surface area contributed by atoms with E-state index in [-0.39, 0.29) is 0 Å². The lowest BCUT2D eigenvalue weighted by Gasteiger charge is -2.14. The highest BCUT2D eigenvalue weighted by Crippen LogP contribution is 2.38. The van der Waals surface area contributed by atoms with E-state index in [2.05, 4.69) is 10.2 Å². The molecule has 14 heavy (non-hydrogen) atoms. The number of H-pyrrole nitrogens is 1. The zero-order chi connectivity index (χ0) is 10.2. The first-order valence-corrected chi connectivity index (χ1v) is 6.24. The van der Waals surface area contributed by atoms with E-state index < -0.39 is 8.38 Å². The molecule has 0 spiro atoms. The Morgan fingerprint density at radius 2 is 2.07 bits per heavy atom. The van der Waals surface area contributed by atoms with Gasteiger partial charge in [-0.1, -0.05) is 0 Å². The molecule has 5 heteroatoms. The van der Waals surface area contributed by atoms with Gasteiger partial charge in [-0.25, -0.2) is 0 Å². The molecule has 0 aliphatic rings. The molecule has 0 aromatic carbocycles. The van der Waals surface area contributed by atoms with Crippen LogP contribution < -0.4 is 0 Å². The third-order valence-corrected chi connectivity index (χ3v) is 3.37. The van der Waals surface area contributed by atoms with E-state index in [4.69, 9.17) is 9.05 Å². The molecule has 1 aromatic heterocycles. The van der Waals surface area contributed by atoms with Crippen molar-refractivity contribution in [1.29, 1.82) is 0 Å². The fourth-order valence-corrected chi connectivity index (χ4v) is 2.44. The van der Waals surface area contributed by atoms with Crippen molar-refractivity contribution < 1.29 is 9.05 Å². The van der Waals surface area contributed by atoms with Gasteiger partial charge in [-0.05, 0) is 25.8 Å². The van der Waals surface area contributed by atoms with Crippen LogP contribution in [0, 0.1) is 0 Å². The molecule has 0 fully saturated rings. The number of rotatable bonds is 7. The summed E-state index contributed by atoms with van der Waals surface area (Å²) < 4.78 is 11.0. The molecule has 0 saturated carbocycles. The molecule has 0 aliphatic heterocycles. The van der Waals surface area contributed by atoms with E-state index in [0.29, 0.717) is 0 Å². The number of nitrogens with one attached hydrogen (secondary N) is 1. The lowest BCUT2D eigenvalue weighted by molar-refractivity contribution is 0.269. The zero-order valence-corrected chi connectivity index (χ0v) is 9.59. The van der Waals surface area contributed by atoms with E-state index in [1.54, 1.807) is 0 Å². The minimum absolute atomic E-state index is 0.707.